The van der Waals surface area contributed by atoms with Gasteiger partial charge in [0.25, 0.3) is 0 Å². The second kappa shape index (κ2) is 11.3. The van der Waals surface area contributed by atoms with E-state index in [-0.39, 0.29) is 6.03 Å². The summed E-state index contributed by atoms with van der Waals surface area (Å²) in [5.74, 6) is 1.65. The lowest BCUT2D eigenvalue weighted by Crippen LogP contribution is -2.30. The number of carbonyl (C=O) groups is 1. The molecule has 33 heavy (non-hydrogen) atoms. The van der Waals surface area contributed by atoms with Crippen molar-refractivity contribution in [2.75, 3.05) is 43.4 Å². The minimum atomic E-state index is -0.281. The van der Waals surface area contributed by atoms with Crippen LogP contribution >= 0.6 is 0 Å². The van der Waals surface area contributed by atoms with E-state index in [1.165, 1.54) is 0 Å². The van der Waals surface area contributed by atoms with Crippen molar-refractivity contribution < 1.29 is 9.53 Å². The molecule has 0 bridgehead atoms. The fourth-order valence-electron chi connectivity index (χ4n) is 3.65. The third-order valence-electron chi connectivity index (χ3n) is 5.51. The number of pyridine rings is 2. The van der Waals surface area contributed by atoms with Gasteiger partial charge in [-0.2, -0.15) is 0 Å². The van der Waals surface area contributed by atoms with E-state index in [1.807, 2.05) is 54.7 Å². The van der Waals surface area contributed by atoms with Gasteiger partial charge in [-0.25, -0.2) is 9.78 Å². The molecule has 1 aliphatic heterocycles. The largest absolute Gasteiger partial charge is 0.487 e. The summed E-state index contributed by atoms with van der Waals surface area (Å²) < 4.78 is 5.77. The normalized spacial score (nSPS) is 14.4. The van der Waals surface area contributed by atoms with Gasteiger partial charge in [0.15, 0.2) is 0 Å². The maximum absolute atomic E-state index is 12.4. The highest BCUT2D eigenvalue weighted by atomic mass is 16.5. The van der Waals surface area contributed by atoms with Crippen LogP contribution in [0.5, 0.6) is 5.75 Å². The van der Waals surface area contributed by atoms with Crippen LogP contribution in [0.3, 0.4) is 0 Å². The molecule has 8 nitrogen and oxygen atoms in total. The number of anilines is 2. The summed E-state index contributed by atoms with van der Waals surface area (Å²) in [7, 11) is 2.15. The van der Waals surface area contributed by atoms with E-state index >= 15 is 0 Å². The fourth-order valence-corrected chi connectivity index (χ4v) is 3.65. The molecule has 1 fully saturated rings. The van der Waals surface area contributed by atoms with E-state index in [0.717, 1.165) is 49.7 Å². The zero-order valence-electron chi connectivity index (χ0n) is 18.9. The topological polar surface area (TPSA) is 82.6 Å². The highest BCUT2D eigenvalue weighted by molar-refractivity contribution is 5.89. The molecule has 3 heterocycles. The molecule has 0 spiro atoms. The van der Waals surface area contributed by atoms with Crippen LogP contribution in [0.25, 0.3) is 0 Å². The zero-order valence-corrected chi connectivity index (χ0v) is 18.9. The van der Waals surface area contributed by atoms with Crippen LogP contribution in [0.15, 0.2) is 67.0 Å². The summed E-state index contributed by atoms with van der Waals surface area (Å²) in [6, 6.07) is 16.8. The Balaban J connectivity index is 1.24. The van der Waals surface area contributed by atoms with Crippen LogP contribution < -0.4 is 20.3 Å². The van der Waals surface area contributed by atoms with Crippen molar-refractivity contribution in [3.8, 4) is 5.75 Å². The number of urea groups is 1. The number of hydrogen-bond donors (Lipinski definition) is 2. The van der Waals surface area contributed by atoms with Crippen molar-refractivity contribution in [2.24, 2.45) is 0 Å². The van der Waals surface area contributed by atoms with Gasteiger partial charge in [0, 0.05) is 50.3 Å². The minimum Gasteiger partial charge on any atom is -0.487 e. The molecular formula is C25H30N6O2. The maximum atomic E-state index is 12.4. The van der Waals surface area contributed by atoms with Gasteiger partial charge >= 0.3 is 6.03 Å². The number of nitrogens with one attached hydrogen (secondary N) is 2. The molecule has 3 aromatic rings. The molecule has 1 aromatic carbocycles. The molecular weight excluding hydrogens is 416 g/mol. The van der Waals surface area contributed by atoms with E-state index in [0.29, 0.717) is 24.6 Å². The highest BCUT2D eigenvalue weighted by Gasteiger charge is 2.13. The number of aromatic nitrogens is 2. The molecule has 4 rings (SSSR count). The number of nitrogens with zero attached hydrogens (tertiary/aromatic N) is 4. The summed E-state index contributed by atoms with van der Waals surface area (Å²) in [6.07, 6.45) is 4.70. The second-order valence-electron chi connectivity index (χ2n) is 8.11. The molecule has 1 aliphatic rings. The van der Waals surface area contributed by atoms with Crippen LogP contribution in [0.4, 0.5) is 16.3 Å². The number of hydrogen-bond acceptors (Lipinski definition) is 6. The second-order valence-corrected chi connectivity index (χ2v) is 8.11. The Hall–Kier alpha value is -3.65. The Kier molecular flexibility index (Phi) is 7.71. The molecule has 8 heteroatoms. The Bertz CT molecular complexity index is 1030. The summed E-state index contributed by atoms with van der Waals surface area (Å²) in [4.78, 5) is 25.9. The molecule has 2 aromatic heterocycles. The van der Waals surface area contributed by atoms with Crippen LogP contribution in [-0.2, 0) is 13.2 Å². The number of carbonyl (C=O) groups excluding carboxylic acids is 1. The first-order chi connectivity index (χ1) is 16.2. The van der Waals surface area contributed by atoms with Gasteiger partial charge in [0.2, 0.25) is 0 Å². The molecule has 0 saturated carbocycles. The Morgan fingerprint density at radius 1 is 1.03 bits per heavy atom. The van der Waals surface area contributed by atoms with Crippen molar-refractivity contribution in [1.29, 1.82) is 0 Å². The quantitative estimate of drug-likeness (QED) is 0.578. The number of ether oxygens (including phenoxy) is 1. The molecule has 0 aliphatic carbocycles. The number of amides is 2. The van der Waals surface area contributed by atoms with Crippen LogP contribution in [0.1, 0.15) is 17.7 Å². The van der Waals surface area contributed by atoms with Gasteiger partial charge in [0.1, 0.15) is 18.2 Å². The van der Waals surface area contributed by atoms with Crippen molar-refractivity contribution in [3.05, 3.63) is 78.2 Å². The molecule has 0 atom stereocenters. The van der Waals surface area contributed by atoms with Crippen LogP contribution in [0.2, 0.25) is 0 Å². The molecule has 172 valence electrons. The summed E-state index contributed by atoms with van der Waals surface area (Å²) in [6.45, 7) is 4.93. The van der Waals surface area contributed by atoms with Gasteiger partial charge < -0.3 is 25.2 Å². The van der Waals surface area contributed by atoms with Gasteiger partial charge in [-0.1, -0.05) is 18.2 Å². The third kappa shape index (κ3) is 6.92. The van der Waals surface area contributed by atoms with Crippen molar-refractivity contribution in [2.45, 2.75) is 19.6 Å². The van der Waals surface area contributed by atoms with E-state index in [9.17, 15) is 4.79 Å². The first-order valence-corrected chi connectivity index (χ1v) is 11.2. The van der Waals surface area contributed by atoms with Crippen LogP contribution in [-0.4, -0.2) is 54.1 Å². The molecule has 2 N–H and O–H groups in total. The van der Waals surface area contributed by atoms with E-state index in [2.05, 4.69) is 37.4 Å². The Labute approximate surface area is 194 Å². The van der Waals surface area contributed by atoms with Gasteiger partial charge in [-0.3, -0.25) is 4.98 Å². The number of benzene rings is 1. The summed E-state index contributed by atoms with van der Waals surface area (Å²) >= 11 is 0. The number of rotatable bonds is 7. The molecule has 1 saturated heterocycles. The average molecular weight is 447 g/mol. The summed E-state index contributed by atoms with van der Waals surface area (Å²) in [5, 5.41) is 5.72. The minimum absolute atomic E-state index is 0.281. The summed E-state index contributed by atoms with van der Waals surface area (Å²) in [5.41, 5.74) is 2.45. The first-order valence-electron chi connectivity index (χ1n) is 11.2. The molecule has 0 radical (unpaired) electrons. The monoisotopic (exact) mass is 446 g/mol. The highest BCUT2D eigenvalue weighted by Crippen LogP contribution is 2.18. The SMILES string of the molecule is CN1CCCN(c2ccc(CNC(=O)Nc3cccc(OCc4ccccn4)c3)cn2)CC1. The van der Waals surface area contributed by atoms with Crippen molar-refractivity contribution >= 4 is 17.5 Å². The van der Waals surface area contributed by atoms with Gasteiger partial charge in [-0.05, 0) is 55.9 Å². The number of likely N-dealkylation sites (N-methyl/N-ethyl adjacent to an activating group) is 1. The molecule has 2 amide bonds. The van der Waals surface area contributed by atoms with Gasteiger partial charge in [-0.15, -0.1) is 0 Å². The Morgan fingerprint density at radius 3 is 2.79 bits per heavy atom. The lowest BCUT2D eigenvalue weighted by atomic mass is 10.2. The predicted octanol–water partition coefficient (Wildman–Crippen LogP) is 3.52. The standard InChI is InChI=1S/C25H30N6O2/c1-30-12-5-13-31(15-14-30)24-10-9-20(17-27-24)18-28-25(32)29-21-7-4-8-23(16-21)33-19-22-6-2-3-11-26-22/h2-4,6-11,16-17H,5,12-15,18-19H2,1H3,(H2,28,29,32). The predicted molar refractivity (Wildman–Crippen MR) is 129 cm³/mol. The van der Waals surface area contributed by atoms with E-state index in [1.54, 1.807) is 12.3 Å². The maximum Gasteiger partial charge on any atom is 0.319 e. The van der Waals surface area contributed by atoms with Crippen molar-refractivity contribution in [3.63, 3.8) is 0 Å². The lowest BCUT2D eigenvalue weighted by Gasteiger charge is -2.21. The Morgan fingerprint density at radius 2 is 1.97 bits per heavy atom. The van der Waals surface area contributed by atoms with Crippen molar-refractivity contribution in [1.82, 2.24) is 20.2 Å². The van der Waals surface area contributed by atoms with E-state index in [4.69, 9.17) is 4.74 Å². The van der Waals surface area contributed by atoms with Gasteiger partial charge in [0.05, 0.1) is 5.69 Å². The first kappa shape index (κ1) is 22.5. The smallest absolute Gasteiger partial charge is 0.319 e. The molecule has 0 unspecified atom stereocenters. The zero-order chi connectivity index (χ0) is 22.9. The third-order valence-corrected chi connectivity index (χ3v) is 5.51. The van der Waals surface area contributed by atoms with E-state index < -0.39 is 0 Å². The average Bonchev–Trinajstić information content (AvgIpc) is 3.07. The lowest BCUT2D eigenvalue weighted by molar-refractivity contribution is 0.251. The van der Waals surface area contributed by atoms with Crippen LogP contribution in [0, 0.1) is 0 Å². The fraction of sp³-hybridized carbons (Fsp3) is 0.320.